The highest BCUT2D eigenvalue weighted by molar-refractivity contribution is 6.02. The Bertz CT molecular complexity index is 881. The third-order valence-electron chi connectivity index (χ3n) is 3.05. The van der Waals surface area contributed by atoms with Crippen molar-refractivity contribution in [2.45, 2.75) is 13.3 Å². The Morgan fingerprint density at radius 1 is 1.56 bits per heavy atom. The van der Waals surface area contributed by atoms with Gasteiger partial charge in [0.25, 0.3) is 0 Å². The summed E-state index contributed by atoms with van der Waals surface area (Å²) in [6, 6.07) is 2.39. The van der Waals surface area contributed by atoms with Crippen molar-refractivity contribution in [3.63, 3.8) is 0 Å². The Labute approximate surface area is 138 Å². The number of phenolic OH excluding ortho intramolecular Hbond substituents is 1. The average Bonchev–Trinajstić information content (AvgIpc) is 2.94. The SMILES string of the molecule is C=CC(=O)Nc1cc(C#N)c(OC(F)(F)F)c(-c2cnoc2C)c1O. The van der Waals surface area contributed by atoms with Gasteiger partial charge in [-0.25, -0.2) is 0 Å². The summed E-state index contributed by atoms with van der Waals surface area (Å²) in [5.74, 6) is -2.36. The van der Waals surface area contributed by atoms with Gasteiger partial charge in [0.15, 0.2) is 11.5 Å². The molecule has 0 unspecified atom stereocenters. The number of aromatic nitrogens is 1. The van der Waals surface area contributed by atoms with Crippen LogP contribution in [0.5, 0.6) is 11.5 Å². The van der Waals surface area contributed by atoms with Crippen molar-refractivity contribution in [3.05, 3.63) is 36.2 Å². The molecule has 2 rings (SSSR count). The summed E-state index contributed by atoms with van der Waals surface area (Å²) in [5, 5.41) is 25.1. The van der Waals surface area contributed by atoms with Gasteiger partial charge in [0.1, 0.15) is 11.8 Å². The van der Waals surface area contributed by atoms with Crippen molar-refractivity contribution in [2.75, 3.05) is 5.32 Å². The molecule has 0 bridgehead atoms. The summed E-state index contributed by atoms with van der Waals surface area (Å²) >= 11 is 0. The molecule has 0 spiro atoms. The van der Waals surface area contributed by atoms with Crippen LogP contribution < -0.4 is 10.1 Å². The van der Waals surface area contributed by atoms with Crippen molar-refractivity contribution in [1.82, 2.24) is 5.16 Å². The number of alkyl halides is 3. The molecular weight excluding hydrogens is 343 g/mol. The molecule has 1 aromatic carbocycles. The number of halogens is 3. The largest absolute Gasteiger partial charge is 0.573 e. The van der Waals surface area contributed by atoms with Crippen molar-refractivity contribution in [2.24, 2.45) is 0 Å². The number of rotatable bonds is 4. The second kappa shape index (κ2) is 6.56. The van der Waals surface area contributed by atoms with Gasteiger partial charge in [-0.3, -0.25) is 4.79 Å². The van der Waals surface area contributed by atoms with Crippen LogP contribution in [-0.2, 0) is 4.79 Å². The van der Waals surface area contributed by atoms with Crippen LogP contribution in [-0.4, -0.2) is 22.5 Å². The number of aryl methyl sites for hydroxylation is 1. The van der Waals surface area contributed by atoms with Crippen molar-refractivity contribution in [1.29, 1.82) is 5.26 Å². The molecular formula is C15H10F3N3O4. The summed E-state index contributed by atoms with van der Waals surface area (Å²) in [7, 11) is 0. The topological polar surface area (TPSA) is 108 Å². The Morgan fingerprint density at radius 3 is 2.72 bits per heavy atom. The van der Waals surface area contributed by atoms with E-state index in [0.717, 1.165) is 18.3 Å². The van der Waals surface area contributed by atoms with Crippen LogP contribution in [0, 0.1) is 18.3 Å². The number of carbonyl (C=O) groups excluding carboxylic acids is 1. The molecule has 2 N–H and O–H groups in total. The van der Waals surface area contributed by atoms with Gasteiger partial charge >= 0.3 is 6.36 Å². The van der Waals surface area contributed by atoms with Crippen molar-refractivity contribution in [3.8, 4) is 28.7 Å². The van der Waals surface area contributed by atoms with E-state index in [0.29, 0.717) is 0 Å². The number of nitrogens with zero attached hydrogens (tertiary/aromatic N) is 2. The molecule has 0 aliphatic rings. The zero-order chi connectivity index (χ0) is 18.8. The van der Waals surface area contributed by atoms with E-state index < -0.39 is 34.9 Å². The first kappa shape index (κ1) is 17.9. The fourth-order valence-electron chi connectivity index (χ4n) is 2.03. The molecule has 1 amide bonds. The fraction of sp³-hybridized carbons (Fsp3) is 0.133. The van der Waals surface area contributed by atoms with Crippen LogP contribution in [0.1, 0.15) is 11.3 Å². The molecule has 0 aliphatic heterocycles. The lowest BCUT2D eigenvalue weighted by molar-refractivity contribution is -0.274. The van der Waals surface area contributed by atoms with Crippen LogP contribution in [0.15, 0.2) is 29.4 Å². The number of nitriles is 1. The van der Waals surface area contributed by atoms with E-state index in [4.69, 9.17) is 9.78 Å². The van der Waals surface area contributed by atoms with Gasteiger partial charge in [-0.2, -0.15) is 5.26 Å². The maximum Gasteiger partial charge on any atom is 0.573 e. The number of anilines is 1. The van der Waals surface area contributed by atoms with E-state index in [9.17, 15) is 23.1 Å². The minimum Gasteiger partial charge on any atom is -0.505 e. The summed E-state index contributed by atoms with van der Waals surface area (Å²) in [6.45, 7) is 4.61. The molecule has 1 aromatic heterocycles. The van der Waals surface area contributed by atoms with Gasteiger partial charge in [0.05, 0.1) is 28.6 Å². The molecule has 130 valence electrons. The predicted molar refractivity (Wildman–Crippen MR) is 78.6 cm³/mol. The first-order valence-electron chi connectivity index (χ1n) is 6.58. The first-order chi connectivity index (χ1) is 11.7. The molecule has 7 nitrogen and oxygen atoms in total. The quantitative estimate of drug-likeness (QED) is 0.645. The van der Waals surface area contributed by atoms with Gasteiger partial charge in [-0.1, -0.05) is 11.7 Å². The number of carbonyl (C=O) groups is 1. The van der Waals surface area contributed by atoms with Crippen molar-refractivity contribution < 1.29 is 32.3 Å². The lowest BCUT2D eigenvalue weighted by Crippen LogP contribution is -2.19. The molecule has 0 aliphatic carbocycles. The Morgan fingerprint density at radius 2 is 2.24 bits per heavy atom. The number of benzene rings is 1. The number of nitrogens with one attached hydrogen (secondary N) is 1. The maximum absolute atomic E-state index is 12.7. The minimum atomic E-state index is -5.12. The summed E-state index contributed by atoms with van der Waals surface area (Å²) in [6.07, 6.45) is -3.19. The summed E-state index contributed by atoms with van der Waals surface area (Å²) < 4.78 is 46.9. The highest BCUT2D eigenvalue weighted by Gasteiger charge is 2.36. The molecule has 0 atom stereocenters. The molecule has 10 heteroatoms. The highest BCUT2D eigenvalue weighted by Crippen LogP contribution is 2.47. The normalized spacial score (nSPS) is 10.8. The number of hydrogen-bond acceptors (Lipinski definition) is 6. The van der Waals surface area contributed by atoms with Crippen LogP contribution in [0.3, 0.4) is 0 Å². The number of phenols is 1. The number of ether oxygens (including phenoxy) is 1. The van der Waals surface area contributed by atoms with Gasteiger partial charge in [0.2, 0.25) is 5.91 Å². The van der Waals surface area contributed by atoms with Crippen molar-refractivity contribution >= 4 is 11.6 Å². The van der Waals surface area contributed by atoms with Gasteiger partial charge in [0, 0.05) is 0 Å². The number of hydrogen-bond donors (Lipinski definition) is 2. The fourth-order valence-corrected chi connectivity index (χ4v) is 2.03. The summed E-state index contributed by atoms with van der Waals surface area (Å²) in [4.78, 5) is 11.4. The van der Waals surface area contributed by atoms with Crippen LogP contribution in [0.2, 0.25) is 0 Å². The Kier molecular flexibility index (Phi) is 4.69. The van der Waals surface area contributed by atoms with Gasteiger partial charge in [-0.15, -0.1) is 13.2 Å². The Hall–Kier alpha value is -3.48. The summed E-state index contributed by atoms with van der Waals surface area (Å²) in [5.41, 5.74) is -1.39. The molecule has 2 aromatic rings. The Balaban J connectivity index is 2.80. The third kappa shape index (κ3) is 3.72. The van der Waals surface area contributed by atoms with E-state index in [2.05, 4.69) is 21.8 Å². The van der Waals surface area contributed by atoms with E-state index in [-0.39, 0.29) is 17.0 Å². The van der Waals surface area contributed by atoms with Gasteiger partial charge in [-0.05, 0) is 19.1 Å². The number of amides is 1. The highest BCUT2D eigenvalue weighted by atomic mass is 19.4. The minimum absolute atomic E-state index is 0.0389. The third-order valence-corrected chi connectivity index (χ3v) is 3.05. The molecule has 25 heavy (non-hydrogen) atoms. The average molecular weight is 353 g/mol. The van der Waals surface area contributed by atoms with Crippen LogP contribution in [0.25, 0.3) is 11.1 Å². The van der Waals surface area contributed by atoms with E-state index in [1.165, 1.54) is 13.0 Å². The number of aromatic hydroxyl groups is 1. The second-order valence-corrected chi connectivity index (χ2v) is 4.67. The van der Waals surface area contributed by atoms with E-state index in [1.807, 2.05) is 0 Å². The zero-order valence-electron chi connectivity index (χ0n) is 12.6. The smallest absolute Gasteiger partial charge is 0.505 e. The molecule has 1 heterocycles. The maximum atomic E-state index is 12.7. The molecule has 0 saturated heterocycles. The van der Waals surface area contributed by atoms with E-state index >= 15 is 0 Å². The monoisotopic (exact) mass is 353 g/mol. The van der Waals surface area contributed by atoms with E-state index in [1.54, 1.807) is 0 Å². The van der Waals surface area contributed by atoms with Gasteiger partial charge < -0.3 is 19.7 Å². The van der Waals surface area contributed by atoms with Crippen LogP contribution >= 0.6 is 0 Å². The lowest BCUT2D eigenvalue weighted by Gasteiger charge is -2.18. The molecule has 0 fully saturated rings. The standard InChI is InChI=1S/C15H10F3N3O4/c1-3-11(22)21-10-4-8(5-19)14(24-15(16,17)18)12(13(10)23)9-6-20-25-7(9)2/h3-4,6,23H,1H2,2H3,(H,21,22). The second-order valence-electron chi connectivity index (χ2n) is 4.67. The first-order valence-corrected chi connectivity index (χ1v) is 6.58. The van der Waals surface area contributed by atoms with Crippen LogP contribution in [0.4, 0.5) is 18.9 Å². The zero-order valence-corrected chi connectivity index (χ0v) is 12.6. The predicted octanol–water partition coefficient (Wildman–Crippen LogP) is 3.25. The lowest BCUT2D eigenvalue weighted by atomic mass is 9.99. The molecule has 0 saturated carbocycles. The molecule has 0 radical (unpaired) electrons.